The molecule has 1 amide bonds. The van der Waals surface area contributed by atoms with Crippen molar-refractivity contribution >= 4 is 39.8 Å². The lowest BCUT2D eigenvalue weighted by molar-refractivity contribution is -0.0366. The van der Waals surface area contributed by atoms with E-state index in [1.54, 1.807) is 24.3 Å². The second-order valence-corrected chi connectivity index (χ2v) is 7.20. The fourth-order valence-electron chi connectivity index (χ4n) is 3.44. The van der Waals surface area contributed by atoms with Crippen molar-refractivity contribution in [3.05, 3.63) is 54.2 Å². The van der Waals surface area contributed by atoms with Gasteiger partial charge in [-0.15, -0.1) is 0 Å². The Morgan fingerprint density at radius 1 is 1.28 bits per heavy atom. The molecule has 8 heteroatoms. The van der Waals surface area contributed by atoms with Gasteiger partial charge >= 0.3 is 0 Å². The minimum atomic E-state index is -0.330. The fraction of sp³-hybridized carbons (Fsp3) is 0.286. The molecule has 1 unspecified atom stereocenters. The molecule has 0 spiro atoms. The van der Waals surface area contributed by atoms with Gasteiger partial charge in [-0.2, -0.15) is 5.10 Å². The first kappa shape index (κ1) is 19.4. The number of methoxy groups -OCH3 is 1. The number of amides is 1. The predicted octanol–water partition coefficient (Wildman–Crippen LogP) is 3.87. The molecule has 2 aromatic carbocycles. The summed E-state index contributed by atoms with van der Waals surface area (Å²) >= 11 is 5.30. The van der Waals surface area contributed by atoms with Crippen LogP contribution in [0.4, 0.5) is 5.69 Å². The number of rotatable bonds is 4. The zero-order chi connectivity index (χ0) is 20.2. The smallest absolute Gasteiger partial charge is 0.261 e. The van der Waals surface area contributed by atoms with Gasteiger partial charge in [-0.3, -0.25) is 10.1 Å². The SMILES string of the molecule is COc1ccccc1C(=O)NC(=S)Nc1ccc2c(cnn2C2CCCCO2)c1. The molecule has 0 saturated carbocycles. The van der Waals surface area contributed by atoms with E-state index >= 15 is 0 Å². The van der Waals surface area contributed by atoms with Gasteiger partial charge < -0.3 is 14.8 Å². The van der Waals surface area contributed by atoms with Crippen molar-refractivity contribution in [2.75, 3.05) is 19.0 Å². The molecule has 1 aliphatic rings. The number of carbonyl (C=O) groups excluding carboxylic acids is 1. The van der Waals surface area contributed by atoms with Crippen LogP contribution < -0.4 is 15.4 Å². The van der Waals surface area contributed by atoms with Crippen molar-refractivity contribution in [1.29, 1.82) is 0 Å². The first-order chi connectivity index (χ1) is 14.2. The molecule has 1 aromatic heterocycles. The monoisotopic (exact) mass is 410 g/mol. The van der Waals surface area contributed by atoms with Gasteiger partial charge in [0, 0.05) is 17.7 Å². The minimum Gasteiger partial charge on any atom is -0.496 e. The third-order valence-corrected chi connectivity index (χ3v) is 5.06. The summed E-state index contributed by atoms with van der Waals surface area (Å²) in [5.74, 6) is 0.162. The van der Waals surface area contributed by atoms with Crippen LogP contribution in [-0.2, 0) is 4.74 Å². The van der Waals surface area contributed by atoms with Gasteiger partial charge in [0.15, 0.2) is 11.3 Å². The summed E-state index contributed by atoms with van der Waals surface area (Å²) in [6.07, 6.45) is 5.01. The van der Waals surface area contributed by atoms with Crippen molar-refractivity contribution in [2.24, 2.45) is 0 Å². The van der Waals surface area contributed by atoms with Crippen molar-refractivity contribution < 1.29 is 14.3 Å². The highest BCUT2D eigenvalue weighted by molar-refractivity contribution is 7.80. The van der Waals surface area contributed by atoms with Crippen LogP contribution in [0, 0.1) is 0 Å². The van der Waals surface area contributed by atoms with Gasteiger partial charge in [0.2, 0.25) is 0 Å². The summed E-state index contributed by atoms with van der Waals surface area (Å²) in [7, 11) is 1.52. The number of para-hydroxylation sites is 1. The highest BCUT2D eigenvalue weighted by Crippen LogP contribution is 2.27. The second-order valence-electron chi connectivity index (χ2n) is 6.79. The standard InChI is InChI=1S/C21H22N4O3S/c1-27-18-7-3-2-6-16(18)20(26)24-21(29)23-15-9-10-17-14(12-15)13-22-25(17)19-8-4-5-11-28-19/h2-3,6-7,9-10,12-13,19H,4-5,8,11H2,1H3,(H2,23,24,26,29). The Morgan fingerprint density at radius 3 is 2.93 bits per heavy atom. The van der Waals surface area contributed by atoms with E-state index < -0.39 is 0 Å². The minimum absolute atomic E-state index is 0.0127. The molecule has 3 aromatic rings. The topological polar surface area (TPSA) is 77.4 Å². The van der Waals surface area contributed by atoms with Gasteiger partial charge in [0.05, 0.1) is 24.4 Å². The van der Waals surface area contributed by atoms with Crippen molar-refractivity contribution in [2.45, 2.75) is 25.5 Å². The lowest BCUT2D eigenvalue weighted by atomic mass is 10.2. The van der Waals surface area contributed by atoms with Gasteiger partial charge in [0.1, 0.15) is 5.75 Å². The molecule has 0 aliphatic carbocycles. The molecule has 4 rings (SSSR count). The average molecular weight is 410 g/mol. The summed E-state index contributed by atoms with van der Waals surface area (Å²) < 4.78 is 13.0. The number of ether oxygens (including phenoxy) is 2. The number of anilines is 1. The van der Waals surface area contributed by atoms with E-state index in [-0.39, 0.29) is 17.2 Å². The number of thiocarbonyl (C=S) groups is 1. The van der Waals surface area contributed by atoms with Gasteiger partial charge in [-0.05, 0) is 61.8 Å². The summed E-state index contributed by atoms with van der Waals surface area (Å²) in [5, 5.41) is 11.4. The molecule has 1 fully saturated rings. The number of aromatic nitrogens is 2. The number of hydrogen-bond donors (Lipinski definition) is 2. The average Bonchev–Trinajstić information content (AvgIpc) is 3.17. The number of nitrogens with zero attached hydrogens (tertiary/aromatic N) is 2. The molecule has 2 N–H and O–H groups in total. The van der Waals surface area contributed by atoms with Crippen LogP contribution in [-0.4, -0.2) is 34.5 Å². The Kier molecular flexibility index (Phi) is 5.73. The lowest BCUT2D eigenvalue weighted by Gasteiger charge is -2.23. The molecule has 1 atom stereocenters. The van der Waals surface area contributed by atoms with E-state index in [0.29, 0.717) is 11.3 Å². The Hall–Kier alpha value is -2.97. The Bertz CT molecular complexity index is 1040. The van der Waals surface area contributed by atoms with E-state index in [2.05, 4.69) is 15.7 Å². The fourth-order valence-corrected chi connectivity index (χ4v) is 3.65. The summed E-state index contributed by atoms with van der Waals surface area (Å²) in [4.78, 5) is 12.5. The third-order valence-electron chi connectivity index (χ3n) is 4.86. The van der Waals surface area contributed by atoms with Gasteiger partial charge in [-0.1, -0.05) is 12.1 Å². The van der Waals surface area contributed by atoms with E-state index in [4.69, 9.17) is 21.7 Å². The maximum absolute atomic E-state index is 12.5. The van der Waals surface area contributed by atoms with E-state index in [9.17, 15) is 4.79 Å². The van der Waals surface area contributed by atoms with E-state index in [0.717, 1.165) is 42.5 Å². The van der Waals surface area contributed by atoms with E-state index in [1.165, 1.54) is 7.11 Å². The van der Waals surface area contributed by atoms with Crippen LogP contribution in [0.2, 0.25) is 0 Å². The van der Waals surface area contributed by atoms with Crippen molar-refractivity contribution in [3.63, 3.8) is 0 Å². The number of fused-ring (bicyclic) bond motifs is 1. The Balaban J connectivity index is 1.45. The number of benzene rings is 2. The van der Waals surface area contributed by atoms with Crippen LogP contribution >= 0.6 is 12.2 Å². The van der Waals surface area contributed by atoms with Crippen LogP contribution in [0.15, 0.2) is 48.7 Å². The van der Waals surface area contributed by atoms with Crippen LogP contribution in [0.5, 0.6) is 5.75 Å². The number of carbonyl (C=O) groups is 1. The van der Waals surface area contributed by atoms with Crippen LogP contribution in [0.1, 0.15) is 35.8 Å². The summed E-state index contributed by atoms with van der Waals surface area (Å²) in [6, 6.07) is 12.8. The maximum Gasteiger partial charge on any atom is 0.261 e. The molecule has 150 valence electrons. The first-order valence-corrected chi connectivity index (χ1v) is 9.91. The molecule has 7 nitrogen and oxygen atoms in total. The lowest BCUT2D eigenvalue weighted by Crippen LogP contribution is -2.34. The largest absolute Gasteiger partial charge is 0.496 e. The maximum atomic E-state index is 12.5. The molecular formula is C21H22N4O3S. The molecule has 1 aliphatic heterocycles. The molecule has 0 radical (unpaired) electrons. The second kappa shape index (κ2) is 8.59. The number of nitrogens with one attached hydrogen (secondary N) is 2. The highest BCUT2D eigenvalue weighted by Gasteiger charge is 2.18. The van der Waals surface area contributed by atoms with E-state index in [1.807, 2.05) is 29.1 Å². The zero-order valence-corrected chi connectivity index (χ0v) is 16.9. The van der Waals surface area contributed by atoms with Gasteiger partial charge in [-0.25, -0.2) is 4.68 Å². The Labute approximate surface area is 174 Å². The first-order valence-electron chi connectivity index (χ1n) is 9.50. The normalized spacial score (nSPS) is 16.4. The number of hydrogen-bond acceptors (Lipinski definition) is 5. The van der Waals surface area contributed by atoms with Crippen LogP contribution in [0.3, 0.4) is 0 Å². The summed E-state index contributed by atoms with van der Waals surface area (Å²) in [6.45, 7) is 0.770. The molecule has 29 heavy (non-hydrogen) atoms. The van der Waals surface area contributed by atoms with Crippen LogP contribution in [0.25, 0.3) is 10.9 Å². The third kappa shape index (κ3) is 4.23. The quantitative estimate of drug-likeness (QED) is 0.636. The van der Waals surface area contributed by atoms with Crippen molar-refractivity contribution in [1.82, 2.24) is 15.1 Å². The molecule has 0 bridgehead atoms. The van der Waals surface area contributed by atoms with Crippen molar-refractivity contribution in [3.8, 4) is 5.75 Å². The molecular weight excluding hydrogens is 388 g/mol. The summed E-state index contributed by atoms with van der Waals surface area (Å²) in [5.41, 5.74) is 2.20. The predicted molar refractivity (Wildman–Crippen MR) is 115 cm³/mol. The van der Waals surface area contributed by atoms with Gasteiger partial charge in [0.25, 0.3) is 5.91 Å². The molecule has 2 heterocycles. The Morgan fingerprint density at radius 2 is 2.14 bits per heavy atom. The molecule has 1 saturated heterocycles. The zero-order valence-electron chi connectivity index (χ0n) is 16.1. The highest BCUT2D eigenvalue weighted by atomic mass is 32.1.